The molecule has 5 atom stereocenters. The molecule has 0 aliphatic carbocycles. The van der Waals surface area contributed by atoms with Gasteiger partial charge >= 0.3 is 39.5 Å². The first-order chi connectivity index (χ1) is 52.2. The molecule has 19 heteroatoms. The molecule has 0 bridgehead atoms. The molecule has 0 aliphatic rings. The van der Waals surface area contributed by atoms with Crippen molar-refractivity contribution in [2.75, 3.05) is 39.6 Å². The Balaban J connectivity index is 5.23. The molecule has 0 spiro atoms. The lowest BCUT2D eigenvalue weighted by atomic mass is 10.0. The average molecular weight is 1560 g/mol. The van der Waals surface area contributed by atoms with Crippen molar-refractivity contribution in [3.63, 3.8) is 0 Å². The first-order valence-electron chi connectivity index (χ1n) is 45.8. The quantitative estimate of drug-likeness (QED) is 0.0222. The van der Waals surface area contributed by atoms with Gasteiger partial charge in [0, 0.05) is 25.7 Å². The summed E-state index contributed by atoms with van der Waals surface area (Å²) >= 11 is 0. The van der Waals surface area contributed by atoms with Crippen LogP contribution in [0.4, 0.5) is 0 Å². The monoisotopic (exact) mass is 1560 g/mol. The highest BCUT2D eigenvalue weighted by molar-refractivity contribution is 7.47. The van der Waals surface area contributed by atoms with Crippen molar-refractivity contribution >= 4 is 39.5 Å². The lowest BCUT2D eigenvalue weighted by Crippen LogP contribution is -2.30. The fourth-order valence-corrected chi connectivity index (χ4v) is 15.5. The Morgan fingerprint density at radius 1 is 0.224 bits per heavy atom. The van der Waals surface area contributed by atoms with Crippen LogP contribution in [0.15, 0.2) is 0 Å². The summed E-state index contributed by atoms with van der Waals surface area (Å²) in [6, 6.07) is 0. The molecule has 2 unspecified atom stereocenters. The van der Waals surface area contributed by atoms with Gasteiger partial charge in [-0.05, 0) is 25.7 Å². The van der Waals surface area contributed by atoms with E-state index in [2.05, 4.69) is 27.7 Å². The molecule has 0 aliphatic heterocycles. The number of carbonyl (C=O) groups is 4. The van der Waals surface area contributed by atoms with Gasteiger partial charge in [0.1, 0.15) is 19.3 Å². The molecule has 0 aromatic rings. The maximum absolute atomic E-state index is 13.2. The second-order valence-electron chi connectivity index (χ2n) is 31.6. The van der Waals surface area contributed by atoms with Crippen molar-refractivity contribution < 1.29 is 80.2 Å². The standard InChI is InChI=1S/C88H172O17P2/c1-5-9-13-17-21-25-29-33-35-37-39-41-43-45-47-51-55-59-63-67-71-75-88(93)105-84(79-99-86(91)73-69-65-61-57-53-50-46-44-42-40-38-36-34-30-26-22-18-14-10-6-2)81-103-107(96,97)101-77-82(89)76-100-106(94,95)102-80-83(104-87(92)74-70-66-62-58-54-49-32-28-24-20-16-12-8-4)78-98-85(90)72-68-64-60-56-52-48-31-27-23-19-15-11-7-3/h82-84,89H,5-81H2,1-4H3,(H,94,95)(H,96,97)/t82-,83+,84+/m0/s1. The third-order valence-corrected chi connectivity index (χ3v) is 22.8. The molecule has 0 radical (unpaired) electrons. The number of esters is 4. The van der Waals surface area contributed by atoms with E-state index >= 15 is 0 Å². The third kappa shape index (κ3) is 81.9. The van der Waals surface area contributed by atoms with Gasteiger partial charge in [0.2, 0.25) is 0 Å². The van der Waals surface area contributed by atoms with E-state index in [1.54, 1.807) is 0 Å². The van der Waals surface area contributed by atoms with Gasteiger partial charge in [0.15, 0.2) is 12.2 Å². The maximum Gasteiger partial charge on any atom is 0.472 e. The van der Waals surface area contributed by atoms with E-state index in [0.29, 0.717) is 25.7 Å². The van der Waals surface area contributed by atoms with Gasteiger partial charge < -0.3 is 33.8 Å². The number of hydrogen-bond acceptors (Lipinski definition) is 15. The number of phosphoric acid groups is 2. The Morgan fingerprint density at radius 3 is 0.551 bits per heavy atom. The Bertz CT molecular complexity index is 2020. The van der Waals surface area contributed by atoms with Crippen LogP contribution in [0.3, 0.4) is 0 Å². The fourth-order valence-electron chi connectivity index (χ4n) is 13.9. The predicted molar refractivity (Wildman–Crippen MR) is 442 cm³/mol. The molecule has 0 fully saturated rings. The van der Waals surface area contributed by atoms with E-state index in [1.165, 1.54) is 315 Å². The zero-order valence-corrected chi connectivity index (χ0v) is 71.9. The molecule has 0 rings (SSSR count). The summed E-state index contributed by atoms with van der Waals surface area (Å²) in [5.41, 5.74) is 0. The topological polar surface area (TPSA) is 237 Å². The zero-order valence-electron chi connectivity index (χ0n) is 70.1. The van der Waals surface area contributed by atoms with Crippen LogP contribution >= 0.6 is 15.6 Å². The molecule has 636 valence electrons. The van der Waals surface area contributed by atoms with E-state index in [0.717, 1.165) is 89.9 Å². The van der Waals surface area contributed by atoms with E-state index in [-0.39, 0.29) is 25.7 Å². The van der Waals surface area contributed by atoms with Crippen molar-refractivity contribution in [1.82, 2.24) is 0 Å². The summed E-state index contributed by atoms with van der Waals surface area (Å²) in [5.74, 6) is -2.09. The number of unbranched alkanes of at least 4 members (excludes halogenated alkanes) is 63. The van der Waals surface area contributed by atoms with Crippen LogP contribution in [0.25, 0.3) is 0 Å². The second kappa shape index (κ2) is 82.1. The lowest BCUT2D eigenvalue weighted by molar-refractivity contribution is -0.161. The Kier molecular flexibility index (Phi) is 80.6. The van der Waals surface area contributed by atoms with E-state index in [1.807, 2.05) is 0 Å². The molecule has 0 aromatic carbocycles. The van der Waals surface area contributed by atoms with Crippen LogP contribution in [0.5, 0.6) is 0 Å². The molecule has 0 amide bonds. The van der Waals surface area contributed by atoms with Gasteiger partial charge in [0.05, 0.1) is 26.4 Å². The van der Waals surface area contributed by atoms with E-state index in [9.17, 15) is 43.2 Å². The molecule has 17 nitrogen and oxygen atoms in total. The first-order valence-corrected chi connectivity index (χ1v) is 48.8. The minimum absolute atomic E-state index is 0.109. The van der Waals surface area contributed by atoms with Gasteiger partial charge in [-0.25, -0.2) is 9.13 Å². The summed E-state index contributed by atoms with van der Waals surface area (Å²) in [4.78, 5) is 73.3. The van der Waals surface area contributed by atoms with Crippen LogP contribution in [-0.2, 0) is 65.4 Å². The maximum atomic E-state index is 13.2. The summed E-state index contributed by atoms with van der Waals surface area (Å²) in [6.45, 7) is 5.07. The van der Waals surface area contributed by atoms with Gasteiger partial charge in [0.25, 0.3) is 0 Å². The third-order valence-electron chi connectivity index (χ3n) is 20.9. The van der Waals surface area contributed by atoms with Crippen molar-refractivity contribution in [2.45, 2.75) is 502 Å². The molecule has 0 aromatic heterocycles. The predicted octanol–water partition coefficient (Wildman–Crippen LogP) is 27.3. The number of ether oxygens (including phenoxy) is 4. The Morgan fingerprint density at radius 2 is 0.374 bits per heavy atom. The number of aliphatic hydroxyl groups is 1. The van der Waals surface area contributed by atoms with Gasteiger partial charge in [-0.15, -0.1) is 0 Å². The normalized spacial score (nSPS) is 13.7. The van der Waals surface area contributed by atoms with Crippen molar-refractivity contribution in [3.05, 3.63) is 0 Å². The lowest BCUT2D eigenvalue weighted by Gasteiger charge is -2.21. The average Bonchev–Trinajstić information content (AvgIpc) is 0.901. The molecule has 107 heavy (non-hydrogen) atoms. The Labute approximate surface area is 658 Å². The van der Waals surface area contributed by atoms with Gasteiger partial charge in [-0.2, -0.15) is 0 Å². The number of rotatable bonds is 89. The fraction of sp³-hybridized carbons (Fsp3) is 0.955. The van der Waals surface area contributed by atoms with E-state index in [4.69, 9.17) is 37.0 Å². The number of carbonyl (C=O) groups excluding carboxylic acids is 4. The highest BCUT2D eigenvalue weighted by Gasteiger charge is 2.30. The van der Waals surface area contributed by atoms with Crippen LogP contribution in [0.1, 0.15) is 484 Å². The van der Waals surface area contributed by atoms with Crippen molar-refractivity contribution in [2.24, 2.45) is 0 Å². The van der Waals surface area contributed by atoms with Crippen LogP contribution < -0.4 is 0 Å². The molecule has 0 saturated heterocycles. The summed E-state index contributed by atoms with van der Waals surface area (Å²) in [7, 11) is -9.93. The summed E-state index contributed by atoms with van der Waals surface area (Å²) in [6.07, 6.45) is 77.8. The minimum atomic E-state index is -4.97. The smallest absolute Gasteiger partial charge is 0.462 e. The van der Waals surface area contributed by atoms with Crippen LogP contribution in [0, 0.1) is 0 Å². The first kappa shape index (κ1) is 105. The van der Waals surface area contributed by atoms with Crippen LogP contribution in [-0.4, -0.2) is 96.7 Å². The van der Waals surface area contributed by atoms with Gasteiger partial charge in [-0.3, -0.25) is 37.3 Å². The van der Waals surface area contributed by atoms with Gasteiger partial charge in [-0.1, -0.05) is 432 Å². The summed E-state index contributed by atoms with van der Waals surface area (Å²) < 4.78 is 69.0. The second-order valence-corrected chi connectivity index (χ2v) is 34.5. The molecular weight excluding hydrogens is 1390 g/mol. The molecule has 0 heterocycles. The van der Waals surface area contributed by atoms with Crippen LogP contribution in [0.2, 0.25) is 0 Å². The Hall–Kier alpha value is -1.94. The summed E-state index contributed by atoms with van der Waals surface area (Å²) in [5, 5.41) is 10.7. The largest absolute Gasteiger partial charge is 0.472 e. The number of phosphoric ester groups is 2. The highest BCUT2D eigenvalue weighted by Crippen LogP contribution is 2.45. The SMILES string of the molecule is CCCCCCCCCCCCCCCCCCCCCCCC(=O)O[C@H](COC(=O)CCCCCCCCCCCCCCCCCCCCCC)COP(=O)(O)OC[C@@H](O)COP(=O)(O)OC[C@@H](COC(=O)CCCCCCCCCCCCCCC)OC(=O)CCCCCCCCCCCCCCC. The zero-order chi connectivity index (χ0) is 78.1. The van der Waals surface area contributed by atoms with Crippen molar-refractivity contribution in [1.29, 1.82) is 0 Å². The van der Waals surface area contributed by atoms with E-state index < -0.39 is 97.5 Å². The number of hydrogen-bond donors (Lipinski definition) is 3. The highest BCUT2D eigenvalue weighted by atomic mass is 31.2. The van der Waals surface area contributed by atoms with Crippen molar-refractivity contribution in [3.8, 4) is 0 Å². The molecule has 0 saturated carbocycles. The number of aliphatic hydroxyl groups excluding tert-OH is 1. The minimum Gasteiger partial charge on any atom is -0.462 e. The molecule has 3 N–H and O–H groups in total. The molecular formula is C88H172O17P2.